The predicted molar refractivity (Wildman–Crippen MR) is 131 cm³/mol. The number of amides is 4. The first kappa shape index (κ1) is 29.2. The van der Waals surface area contributed by atoms with Gasteiger partial charge in [0.1, 0.15) is 18.2 Å². The highest BCUT2D eigenvalue weighted by Gasteiger charge is 2.23. The number of benzene rings is 1. The van der Waals surface area contributed by atoms with Crippen LogP contribution in [-0.2, 0) is 35.2 Å². The number of carbonyl (C=O) groups is 6. The van der Waals surface area contributed by atoms with E-state index >= 15 is 0 Å². The highest BCUT2D eigenvalue weighted by Crippen LogP contribution is 2.10. The van der Waals surface area contributed by atoms with Crippen molar-refractivity contribution in [2.45, 2.75) is 58.2 Å². The van der Waals surface area contributed by atoms with Gasteiger partial charge >= 0.3 is 18.0 Å². The lowest BCUT2D eigenvalue weighted by molar-refractivity contribution is -0.160. The van der Waals surface area contributed by atoms with Crippen LogP contribution in [0.1, 0.15) is 56.0 Å². The monoisotopic (exact) mass is 516 g/mol. The van der Waals surface area contributed by atoms with Gasteiger partial charge in [-0.15, -0.1) is 0 Å². The van der Waals surface area contributed by atoms with E-state index in [1.54, 1.807) is 39.0 Å². The summed E-state index contributed by atoms with van der Waals surface area (Å²) in [7, 11) is 0. The Hall–Kier alpha value is -4.06. The fraction of sp³-hybridized carbons (Fsp3) is 0.440. The number of esters is 2. The van der Waals surface area contributed by atoms with Crippen LogP contribution in [0.25, 0.3) is 0 Å². The summed E-state index contributed by atoms with van der Waals surface area (Å²) in [6, 6.07) is 5.32. The molecule has 0 unspecified atom stereocenters. The third-order valence-corrected chi connectivity index (χ3v) is 4.98. The number of hydrogen-bond acceptors (Lipinski definition) is 9. The van der Waals surface area contributed by atoms with Crippen molar-refractivity contribution in [2.75, 3.05) is 13.1 Å². The molecule has 0 radical (unpaired) electrons. The number of carbonyl (C=O) groups excluding carboxylic acids is 6. The number of nitrogens with two attached hydrogens (primary N) is 1. The zero-order valence-corrected chi connectivity index (χ0v) is 21.1. The summed E-state index contributed by atoms with van der Waals surface area (Å²) in [6.45, 7) is 5.01. The molecule has 1 aromatic rings. The van der Waals surface area contributed by atoms with Crippen LogP contribution < -0.4 is 16.4 Å². The van der Waals surface area contributed by atoms with E-state index in [9.17, 15) is 28.8 Å². The highest BCUT2D eigenvalue weighted by atomic mass is 16.6. The van der Waals surface area contributed by atoms with E-state index in [2.05, 4.69) is 15.4 Å². The van der Waals surface area contributed by atoms with Crippen molar-refractivity contribution in [3.63, 3.8) is 0 Å². The van der Waals surface area contributed by atoms with E-state index in [0.29, 0.717) is 18.4 Å². The quantitative estimate of drug-likeness (QED) is 0.167. The van der Waals surface area contributed by atoms with Gasteiger partial charge in [-0.1, -0.05) is 12.1 Å². The Balaban J connectivity index is 1.70. The molecule has 1 aromatic carbocycles. The largest absolute Gasteiger partial charge is 0.444 e. The molecule has 0 saturated carbocycles. The molecule has 0 saturated heterocycles. The van der Waals surface area contributed by atoms with Crippen LogP contribution in [0.2, 0.25) is 0 Å². The van der Waals surface area contributed by atoms with Gasteiger partial charge in [0.25, 0.3) is 17.7 Å². The summed E-state index contributed by atoms with van der Waals surface area (Å²) in [5.74, 6) is -3.26. The Morgan fingerprint density at radius 1 is 1.03 bits per heavy atom. The number of hydrogen-bond donors (Lipinski definition) is 3. The molecule has 0 spiro atoms. The van der Waals surface area contributed by atoms with Gasteiger partial charge in [-0.3, -0.25) is 19.3 Å². The van der Waals surface area contributed by atoms with E-state index < -0.39 is 42.1 Å². The van der Waals surface area contributed by atoms with E-state index in [-0.39, 0.29) is 36.9 Å². The Labute approximate surface area is 214 Å². The predicted octanol–water partition coefficient (Wildman–Crippen LogP) is 0.934. The zero-order chi connectivity index (χ0) is 27.6. The zero-order valence-electron chi connectivity index (χ0n) is 21.1. The fourth-order valence-corrected chi connectivity index (χ4v) is 3.19. The molecule has 2 rings (SSSR count). The van der Waals surface area contributed by atoms with E-state index in [1.807, 2.05) is 0 Å². The maximum absolute atomic E-state index is 12.4. The van der Waals surface area contributed by atoms with Crippen LogP contribution in [0, 0.1) is 0 Å². The average Bonchev–Trinajstić information content (AvgIpc) is 3.14. The summed E-state index contributed by atoms with van der Waals surface area (Å²) in [5, 5.41) is 4.95. The van der Waals surface area contributed by atoms with Crippen molar-refractivity contribution in [2.24, 2.45) is 5.73 Å². The Bertz CT molecular complexity index is 1060. The molecule has 1 atom stereocenters. The number of rotatable bonds is 11. The van der Waals surface area contributed by atoms with Gasteiger partial charge in [0, 0.05) is 30.8 Å². The molecule has 0 bridgehead atoms. The maximum Gasteiger partial charge on any atom is 0.407 e. The van der Waals surface area contributed by atoms with E-state index in [0.717, 1.165) is 4.90 Å². The van der Waals surface area contributed by atoms with Gasteiger partial charge in [-0.2, -0.15) is 0 Å². The number of alkyl carbamates (subject to hydrolysis) is 1. The molecular formula is C25H32N4O8. The highest BCUT2D eigenvalue weighted by molar-refractivity contribution is 6.12. The molecular weight excluding hydrogens is 484 g/mol. The van der Waals surface area contributed by atoms with Crippen molar-refractivity contribution in [3.8, 4) is 0 Å². The van der Waals surface area contributed by atoms with Crippen molar-refractivity contribution >= 4 is 35.8 Å². The van der Waals surface area contributed by atoms with Gasteiger partial charge in [-0.25, -0.2) is 14.4 Å². The van der Waals surface area contributed by atoms with Crippen molar-refractivity contribution in [1.29, 1.82) is 0 Å². The van der Waals surface area contributed by atoms with Gasteiger partial charge in [-0.05, 0) is 57.7 Å². The molecule has 1 heterocycles. The number of nitrogens with zero attached hydrogens (tertiary/aromatic N) is 1. The average molecular weight is 517 g/mol. The van der Waals surface area contributed by atoms with Crippen molar-refractivity contribution in [3.05, 3.63) is 47.5 Å². The first-order valence-corrected chi connectivity index (χ1v) is 11.7. The summed E-state index contributed by atoms with van der Waals surface area (Å²) in [6.07, 6.45) is 2.84. The minimum Gasteiger partial charge on any atom is -0.444 e. The molecule has 4 N–H and O–H groups in total. The summed E-state index contributed by atoms with van der Waals surface area (Å²) >= 11 is 0. The molecule has 0 fully saturated rings. The third-order valence-electron chi connectivity index (χ3n) is 4.98. The molecule has 1 aliphatic heterocycles. The van der Waals surface area contributed by atoms with Crippen molar-refractivity contribution < 1.29 is 38.2 Å². The second-order valence-corrected chi connectivity index (χ2v) is 9.30. The van der Waals surface area contributed by atoms with E-state index in [4.69, 9.17) is 10.5 Å². The topological polar surface area (TPSA) is 174 Å². The molecule has 4 amide bonds. The molecule has 1 aliphatic rings. The fourth-order valence-electron chi connectivity index (χ4n) is 3.19. The van der Waals surface area contributed by atoms with Crippen molar-refractivity contribution in [1.82, 2.24) is 15.5 Å². The van der Waals surface area contributed by atoms with Gasteiger partial charge in [0.15, 0.2) is 0 Å². The first-order chi connectivity index (χ1) is 17.4. The van der Waals surface area contributed by atoms with E-state index in [1.165, 1.54) is 18.2 Å². The molecule has 200 valence electrons. The van der Waals surface area contributed by atoms with Crippen LogP contribution in [-0.4, -0.2) is 65.4 Å². The summed E-state index contributed by atoms with van der Waals surface area (Å²) in [4.78, 5) is 72.2. The second kappa shape index (κ2) is 13.3. The third kappa shape index (κ3) is 10.2. The standard InChI is InChI=1S/C25H32N4O8/c1-25(2,3)37-24(35)28-14-16-7-6-8-17(13-16)22(33)27-15-21(32)36-23(34)18(26)9-4-5-12-29-19(30)10-11-20(29)31/h6-8,10-11,13,18H,4-5,9,12,14-15,26H2,1-3H3,(H,27,33)(H,28,35)/t18-/m1/s1. The molecule has 12 nitrogen and oxygen atoms in total. The minimum absolute atomic E-state index is 0.131. The number of unbranched alkanes of at least 4 members (excludes halogenated alkanes) is 1. The lowest BCUT2D eigenvalue weighted by atomic mass is 10.1. The summed E-state index contributed by atoms with van der Waals surface area (Å²) < 4.78 is 9.84. The summed E-state index contributed by atoms with van der Waals surface area (Å²) in [5.41, 5.74) is 5.99. The first-order valence-electron chi connectivity index (χ1n) is 11.7. The van der Waals surface area contributed by atoms with Gasteiger partial charge in [0.05, 0.1) is 0 Å². The SMILES string of the molecule is CC(C)(C)OC(=O)NCc1cccc(C(=O)NCC(=O)OC(=O)[C@H](N)CCCCN2C(=O)C=CC2=O)c1. The lowest BCUT2D eigenvalue weighted by Gasteiger charge is -2.19. The minimum atomic E-state index is -1.07. The normalized spacial score (nSPS) is 13.8. The molecule has 0 aliphatic carbocycles. The van der Waals surface area contributed by atoms with Crippen LogP contribution in [0.5, 0.6) is 0 Å². The lowest BCUT2D eigenvalue weighted by Crippen LogP contribution is -2.37. The number of imide groups is 1. The molecule has 0 aromatic heterocycles. The number of nitrogens with one attached hydrogen (secondary N) is 2. The van der Waals surface area contributed by atoms with Crippen LogP contribution in [0.4, 0.5) is 4.79 Å². The Morgan fingerprint density at radius 3 is 2.35 bits per heavy atom. The Kier molecular flexibility index (Phi) is 10.5. The molecule has 37 heavy (non-hydrogen) atoms. The van der Waals surface area contributed by atoms with Gasteiger partial charge < -0.3 is 25.8 Å². The smallest absolute Gasteiger partial charge is 0.407 e. The van der Waals surface area contributed by atoms with Crippen LogP contribution in [0.15, 0.2) is 36.4 Å². The number of ether oxygens (including phenoxy) is 2. The Morgan fingerprint density at radius 2 is 1.70 bits per heavy atom. The second-order valence-electron chi connectivity index (χ2n) is 9.30. The maximum atomic E-state index is 12.4. The van der Waals surface area contributed by atoms with Crippen LogP contribution in [0.3, 0.4) is 0 Å². The molecule has 12 heteroatoms. The van der Waals surface area contributed by atoms with Crippen LogP contribution >= 0.6 is 0 Å². The van der Waals surface area contributed by atoms with Gasteiger partial charge in [0.2, 0.25) is 0 Å².